The SMILES string of the molecule is CCC(CC)(CC)C(=O)N1C=C[C@@H](C(=O)NC(C)(C)C)[C@H]1CCC=O. The number of amides is 2. The van der Waals surface area contributed by atoms with Gasteiger partial charge in [-0.1, -0.05) is 26.8 Å². The second kappa shape index (κ2) is 8.63. The zero-order valence-corrected chi connectivity index (χ0v) is 16.6. The summed E-state index contributed by atoms with van der Waals surface area (Å²) < 4.78 is 0. The number of nitrogens with zero attached hydrogens (tertiary/aromatic N) is 1. The normalized spacial score (nSPS) is 20.6. The van der Waals surface area contributed by atoms with E-state index < -0.39 is 11.3 Å². The molecular formula is C20H34N2O3. The number of carbonyl (C=O) groups is 3. The lowest BCUT2D eigenvalue weighted by Gasteiger charge is -2.37. The fourth-order valence-corrected chi connectivity index (χ4v) is 3.57. The smallest absolute Gasteiger partial charge is 0.232 e. The number of nitrogens with one attached hydrogen (secondary N) is 1. The van der Waals surface area contributed by atoms with Crippen molar-refractivity contribution in [1.29, 1.82) is 0 Å². The first-order valence-electron chi connectivity index (χ1n) is 9.42. The maximum Gasteiger partial charge on any atom is 0.232 e. The zero-order chi connectivity index (χ0) is 19.3. The predicted molar refractivity (Wildman–Crippen MR) is 99.8 cm³/mol. The van der Waals surface area contributed by atoms with Crippen molar-refractivity contribution < 1.29 is 14.4 Å². The summed E-state index contributed by atoms with van der Waals surface area (Å²) in [5.74, 6) is -0.436. The van der Waals surface area contributed by atoms with E-state index in [0.717, 1.165) is 25.5 Å². The molecule has 2 amide bonds. The molecule has 0 saturated carbocycles. The van der Waals surface area contributed by atoms with Gasteiger partial charge in [0, 0.05) is 23.6 Å². The van der Waals surface area contributed by atoms with Crippen LogP contribution < -0.4 is 5.32 Å². The standard InChI is InChI=1S/C20H34N2O3/c1-7-20(8-2,9-3)18(25)22-13-12-15(16(22)11-10-14-23)17(24)21-19(4,5)6/h12-16H,7-11H2,1-6H3,(H,21,24)/t15-,16-/m1/s1. The Labute approximate surface area is 152 Å². The first kappa shape index (κ1) is 21.4. The Balaban J connectivity index is 3.08. The lowest BCUT2D eigenvalue weighted by molar-refractivity contribution is -0.143. The molecule has 25 heavy (non-hydrogen) atoms. The molecule has 0 saturated heterocycles. The Morgan fingerprint density at radius 2 is 1.68 bits per heavy atom. The summed E-state index contributed by atoms with van der Waals surface area (Å²) in [6, 6.07) is -0.288. The van der Waals surface area contributed by atoms with Gasteiger partial charge in [-0.3, -0.25) is 9.59 Å². The molecule has 5 nitrogen and oxygen atoms in total. The van der Waals surface area contributed by atoms with Gasteiger partial charge in [0.1, 0.15) is 6.29 Å². The Bertz CT molecular complexity index is 507. The van der Waals surface area contributed by atoms with Crippen LogP contribution in [0.3, 0.4) is 0 Å². The predicted octanol–water partition coefficient (Wildman–Crippen LogP) is 3.44. The summed E-state index contributed by atoms with van der Waals surface area (Å²) in [5, 5.41) is 2.99. The van der Waals surface area contributed by atoms with E-state index in [1.54, 1.807) is 17.2 Å². The lowest BCUT2D eigenvalue weighted by Crippen LogP contribution is -2.50. The summed E-state index contributed by atoms with van der Waals surface area (Å²) in [7, 11) is 0. The number of hydrogen-bond donors (Lipinski definition) is 1. The molecule has 5 heteroatoms. The molecule has 0 aromatic heterocycles. The Hall–Kier alpha value is -1.65. The van der Waals surface area contributed by atoms with Gasteiger partial charge in [-0.25, -0.2) is 0 Å². The minimum atomic E-state index is -0.411. The summed E-state index contributed by atoms with van der Waals surface area (Å²) in [6.07, 6.45) is 7.55. The molecule has 0 bridgehead atoms. The molecule has 142 valence electrons. The van der Waals surface area contributed by atoms with Gasteiger partial charge in [0.05, 0.1) is 12.0 Å². The third-order valence-corrected chi connectivity index (χ3v) is 5.33. The van der Waals surface area contributed by atoms with Crippen LogP contribution in [-0.2, 0) is 14.4 Å². The molecule has 0 spiro atoms. The summed E-state index contributed by atoms with van der Waals surface area (Å²) >= 11 is 0. The Kier molecular flexibility index (Phi) is 7.39. The fourth-order valence-electron chi connectivity index (χ4n) is 3.57. The largest absolute Gasteiger partial charge is 0.351 e. The molecule has 0 aliphatic carbocycles. The van der Waals surface area contributed by atoms with Crippen molar-refractivity contribution in [3.05, 3.63) is 12.3 Å². The van der Waals surface area contributed by atoms with Crippen molar-refractivity contribution in [3.8, 4) is 0 Å². The number of aldehydes is 1. The van der Waals surface area contributed by atoms with E-state index in [1.807, 2.05) is 41.5 Å². The average Bonchev–Trinajstić information content (AvgIpc) is 2.97. The summed E-state index contributed by atoms with van der Waals surface area (Å²) in [4.78, 5) is 38.5. The van der Waals surface area contributed by atoms with Crippen LogP contribution in [0.4, 0.5) is 0 Å². The third kappa shape index (κ3) is 4.93. The molecule has 2 atom stereocenters. The van der Waals surface area contributed by atoms with E-state index in [-0.39, 0.29) is 23.4 Å². The number of rotatable bonds is 8. The topological polar surface area (TPSA) is 66.5 Å². The minimum absolute atomic E-state index is 0.0678. The van der Waals surface area contributed by atoms with E-state index in [2.05, 4.69) is 5.32 Å². The second-order valence-corrected chi connectivity index (χ2v) is 7.97. The summed E-state index contributed by atoms with van der Waals surface area (Å²) in [5.41, 5.74) is -0.739. The molecule has 1 N–H and O–H groups in total. The average molecular weight is 351 g/mol. The van der Waals surface area contributed by atoms with Gasteiger partial charge in [-0.15, -0.1) is 0 Å². The molecule has 0 radical (unpaired) electrons. The lowest BCUT2D eigenvalue weighted by atomic mass is 9.78. The van der Waals surface area contributed by atoms with Gasteiger partial charge in [-0.2, -0.15) is 0 Å². The first-order chi connectivity index (χ1) is 11.7. The van der Waals surface area contributed by atoms with Crippen LogP contribution >= 0.6 is 0 Å². The van der Waals surface area contributed by atoms with E-state index in [9.17, 15) is 14.4 Å². The minimum Gasteiger partial charge on any atom is -0.351 e. The van der Waals surface area contributed by atoms with Gasteiger partial charge >= 0.3 is 0 Å². The quantitative estimate of drug-likeness (QED) is 0.682. The highest BCUT2D eigenvalue weighted by molar-refractivity contribution is 5.88. The van der Waals surface area contributed by atoms with Crippen molar-refractivity contribution in [1.82, 2.24) is 10.2 Å². The highest BCUT2D eigenvalue weighted by Gasteiger charge is 2.43. The molecule has 1 heterocycles. The van der Waals surface area contributed by atoms with Gasteiger partial charge in [0.15, 0.2) is 0 Å². The van der Waals surface area contributed by atoms with Gasteiger partial charge < -0.3 is 15.0 Å². The highest BCUT2D eigenvalue weighted by atomic mass is 16.2. The molecule has 1 aliphatic heterocycles. The Morgan fingerprint density at radius 1 is 1.12 bits per heavy atom. The Morgan fingerprint density at radius 3 is 2.12 bits per heavy atom. The van der Waals surface area contributed by atoms with Gasteiger partial charge in [0.25, 0.3) is 0 Å². The van der Waals surface area contributed by atoms with E-state index in [1.165, 1.54) is 0 Å². The van der Waals surface area contributed by atoms with E-state index in [4.69, 9.17) is 0 Å². The van der Waals surface area contributed by atoms with Crippen LogP contribution in [0, 0.1) is 11.3 Å². The molecule has 1 aliphatic rings. The van der Waals surface area contributed by atoms with Crippen LogP contribution in [0.5, 0.6) is 0 Å². The van der Waals surface area contributed by atoms with Gasteiger partial charge in [-0.05, 0) is 46.5 Å². The molecule has 0 fully saturated rings. The molecule has 1 rings (SSSR count). The first-order valence-corrected chi connectivity index (χ1v) is 9.42. The third-order valence-electron chi connectivity index (χ3n) is 5.33. The molecule has 0 unspecified atom stereocenters. The van der Waals surface area contributed by atoms with Crippen molar-refractivity contribution in [2.75, 3.05) is 0 Å². The molecular weight excluding hydrogens is 316 g/mol. The van der Waals surface area contributed by atoms with Gasteiger partial charge in [0.2, 0.25) is 11.8 Å². The maximum atomic E-state index is 13.2. The van der Waals surface area contributed by atoms with E-state index >= 15 is 0 Å². The van der Waals surface area contributed by atoms with Crippen molar-refractivity contribution in [3.63, 3.8) is 0 Å². The number of carbonyl (C=O) groups excluding carboxylic acids is 3. The second-order valence-electron chi connectivity index (χ2n) is 7.97. The van der Waals surface area contributed by atoms with Crippen LogP contribution in [0.1, 0.15) is 73.6 Å². The van der Waals surface area contributed by atoms with Crippen LogP contribution in [0.15, 0.2) is 12.3 Å². The monoisotopic (exact) mass is 350 g/mol. The fraction of sp³-hybridized carbons (Fsp3) is 0.750. The summed E-state index contributed by atoms with van der Waals surface area (Å²) in [6.45, 7) is 11.9. The highest BCUT2D eigenvalue weighted by Crippen LogP contribution is 2.37. The van der Waals surface area contributed by atoms with Crippen molar-refractivity contribution in [2.45, 2.75) is 85.2 Å². The zero-order valence-electron chi connectivity index (χ0n) is 16.6. The molecule has 0 aromatic carbocycles. The van der Waals surface area contributed by atoms with Crippen molar-refractivity contribution >= 4 is 18.1 Å². The van der Waals surface area contributed by atoms with Crippen LogP contribution in [0.25, 0.3) is 0 Å². The van der Waals surface area contributed by atoms with E-state index in [0.29, 0.717) is 12.8 Å². The van der Waals surface area contributed by atoms with Crippen molar-refractivity contribution in [2.24, 2.45) is 11.3 Å². The molecule has 0 aromatic rings. The maximum absolute atomic E-state index is 13.2. The number of hydrogen-bond acceptors (Lipinski definition) is 3. The van der Waals surface area contributed by atoms with Crippen LogP contribution in [-0.4, -0.2) is 34.6 Å². The van der Waals surface area contributed by atoms with Crippen LogP contribution in [0.2, 0.25) is 0 Å².